The average molecular weight is 744 g/mol. The number of benzene rings is 2. The van der Waals surface area contributed by atoms with Crippen LogP contribution in [0, 0.1) is 17.7 Å². The zero-order valence-electron chi connectivity index (χ0n) is 29.5. The maximum absolute atomic E-state index is 14.3. The molecule has 2 fully saturated rings. The number of aliphatic carboxylic acids is 1. The van der Waals surface area contributed by atoms with E-state index >= 15 is 0 Å². The summed E-state index contributed by atoms with van der Waals surface area (Å²) in [6.45, 7) is 9.87. The van der Waals surface area contributed by atoms with E-state index in [1.54, 1.807) is 26.4 Å². The third-order valence-electron chi connectivity index (χ3n) is 10.3. The molecule has 1 saturated carbocycles. The van der Waals surface area contributed by atoms with Gasteiger partial charge in [0, 0.05) is 37.2 Å². The van der Waals surface area contributed by atoms with Gasteiger partial charge in [0.05, 0.1) is 19.9 Å². The second-order valence-corrected chi connectivity index (χ2v) is 13.6. The van der Waals surface area contributed by atoms with Crippen molar-refractivity contribution in [2.45, 2.75) is 83.3 Å². The SMILES string of the molecule is CCn1nc(Cc2ccc(OC)c(OC)c2)cc1C1CCN(CC2CC(N(C)[C@@H](C(=O)O)C(C)C)CC2c2cccc(F)c2)CC1.Cl.Cl.Cl. The molecule has 274 valence electrons. The number of carboxylic acids is 1. The van der Waals surface area contributed by atoms with Crippen LogP contribution in [-0.4, -0.2) is 83.6 Å². The summed E-state index contributed by atoms with van der Waals surface area (Å²) in [7, 11) is 5.26. The van der Waals surface area contributed by atoms with Gasteiger partial charge in [0.15, 0.2) is 11.5 Å². The molecule has 49 heavy (non-hydrogen) atoms. The van der Waals surface area contributed by atoms with Crippen LogP contribution in [0.1, 0.15) is 80.8 Å². The highest BCUT2D eigenvalue weighted by atomic mass is 35.5. The highest BCUT2D eigenvalue weighted by Gasteiger charge is 2.42. The summed E-state index contributed by atoms with van der Waals surface area (Å²) in [5, 5.41) is 14.9. The summed E-state index contributed by atoms with van der Waals surface area (Å²) < 4.78 is 27.4. The number of carboxylic acid groups (broad SMARTS) is 1. The lowest BCUT2D eigenvalue weighted by molar-refractivity contribution is -0.145. The van der Waals surface area contributed by atoms with Crippen molar-refractivity contribution in [3.8, 4) is 11.5 Å². The molecule has 0 radical (unpaired) electrons. The van der Waals surface area contributed by atoms with Gasteiger partial charge in [-0.05, 0) is 112 Å². The summed E-state index contributed by atoms with van der Waals surface area (Å²) in [6.07, 6.45) is 4.62. The fourth-order valence-electron chi connectivity index (χ4n) is 8.03. The predicted octanol–water partition coefficient (Wildman–Crippen LogP) is 7.70. The molecule has 2 aromatic carbocycles. The highest BCUT2D eigenvalue weighted by Crippen LogP contribution is 2.44. The number of aryl methyl sites for hydroxylation is 1. The standard InChI is InChI=1S/C37H51FN4O4.3ClH/c1-7-42-33(21-30(39-42)17-25-11-12-34(45-5)35(18-25)46-6)26-13-15-41(16-14-26)23-28-20-31(40(4)36(24(2)3)37(43)44)22-32(28)27-9-8-10-29(38)19-27;;;/h8-12,18-19,21,24,26,28,31-32,36H,7,13-17,20,22-23H2,1-6H3,(H,43,44);3*1H/t28?,31?,32?,36-;;;/m1.../s1. The third-order valence-corrected chi connectivity index (χ3v) is 10.3. The van der Waals surface area contributed by atoms with Crippen molar-refractivity contribution in [3.63, 3.8) is 0 Å². The topological polar surface area (TPSA) is 80.1 Å². The van der Waals surface area contributed by atoms with Gasteiger partial charge in [-0.3, -0.25) is 14.4 Å². The Morgan fingerprint density at radius 3 is 2.31 bits per heavy atom. The molecule has 5 rings (SSSR count). The van der Waals surface area contributed by atoms with E-state index in [1.807, 2.05) is 39.1 Å². The molecule has 1 aromatic heterocycles. The van der Waals surface area contributed by atoms with Crippen molar-refractivity contribution >= 4 is 43.2 Å². The van der Waals surface area contributed by atoms with E-state index in [4.69, 9.17) is 14.6 Å². The van der Waals surface area contributed by atoms with Gasteiger partial charge in [0.2, 0.25) is 0 Å². The lowest BCUT2D eigenvalue weighted by Crippen LogP contribution is -2.47. The zero-order chi connectivity index (χ0) is 33.0. The summed E-state index contributed by atoms with van der Waals surface area (Å²) in [6, 6.07) is 14.9. The van der Waals surface area contributed by atoms with Crippen molar-refractivity contribution in [1.29, 1.82) is 0 Å². The lowest BCUT2D eigenvalue weighted by atomic mass is 9.87. The molecular formula is C37H54Cl3FN4O4. The minimum absolute atomic E-state index is 0. The van der Waals surface area contributed by atoms with Crippen molar-refractivity contribution < 1.29 is 23.8 Å². The number of hydrogen-bond donors (Lipinski definition) is 1. The first-order valence-corrected chi connectivity index (χ1v) is 16.8. The molecule has 3 unspecified atom stereocenters. The van der Waals surface area contributed by atoms with E-state index in [1.165, 1.54) is 11.8 Å². The van der Waals surface area contributed by atoms with Gasteiger partial charge in [-0.25, -0.2) is 4.39 Å². The number of likely N-dealkylation sites (tertiary alicyclic amines) is 1. The second-order valence-electron chi connectivity index (χ2n) is 13.6. The third kappa shape index (κ3) is 10.0. The summed E-state index contributed by atoms with van der Waals surface area (Å²) in [5.74, 6) is 1.45. The van der Waals surface area contributed by atoms with Crippen LogP contribution in [0.5, 0.6) is 11.5 Å². The minimum atomic E-state index is -0.775. The van der Waals surface area contributed by atoms with Crippen molar-refractivity contribution in [2.75, 3.05) is 40.9 Å². The first kappa shape index (κ1) is 42.6. The van der Waals surface area contributed by atoms with Crippen LogP contribution in [0.2, 0.25) is 0 Å². The molecule has 2 aliphatic rings. The number of rotatable bonds is 13. The van der Waals surface area contributed by atoms with Gasteiger partial charge >= 0.3 is 5.97 Å². The largest absolute Gasteiger partial charge is 0.493 e. The van der Waals surface area contributed by atoms with E-state index in [0.717, 1.165) is 86.6 Å². The Morgan fingerprint density at radius 1 is 1.02 bits per heavy atom. The number of carbonyl (C=O) groups is 1. The Kier molecular flexibility index (Phi) is 16.7. The fraction of sp³-hybridized carbons (Fsp3) is 0.568. The molecule has 2 heterocycles. The Hall–Kier alpha value is -2.56. The lowest BCUT2D eigenvalue weighted by Gasteiger charge is -2.35. The van der Waals surface area contributed by atoms with Crippen LogP contribution in [0.3, 0.4) is 0 Å². The van der Waals surface area contributed by atoms with Crippen LogP contribution in [-0.2, 0) is 17.8 Å². The maximum Gasteiger partial charge on any atom is 0.321 e. The number of likely N-dealkylation sites (N-methyl/N-ethyl adjacent to an activating group) is 1. The van der Waals surface area contributed by atoms with Gasteiger partial charge in [-0.15, -0.1) is 37.2 Å². The van der Waals surface area contributed by atoms with Gasteiger partial charge in [-0.2, -0.15) is 5.10 Å². The molecule has 0 spiro atoms. The number of piperidine rings is 1. The monoisotopic (exact) mass is 742 g/mol. The van der Waals surface area contributed by atoms with Gasteiger partial charge in [0.1, 0.15) is 11.9 Å². The Labute approximate surface area is 309 Å². The minimum Gasteiger partial charge on any atom is -0.493 e. The Morgan fingerprint density at radius 2 is 1.71 bits per heavy atom. The molecule has 4 atom stereocenters. The number of ether oxygens (including phenoxy) is 2. The molecule has 1 aliphatic carbocycles. The van der Waals surface area contributed by atoms with E-state index in [-0.39, 0.29) is 60.9 Å². The van der Waals surface area contributed by atoms with Crippen LogP contribution < -0.4 is 9.47 Å². The van der Waals surface area contributed by atoms with Gasteiger partial charge in [-0.1, -0.05) is 32.0 Å². The number of hydrogen-bond acceptors (Lipinski definition) is 6. The molecule has 3 aromatic rings. The molecule has 1 aliphatic heterocycles. The normalized spacial score (nSPS) is 20.3. The van der Waals surface area contributed by atoms with Gasteiger partial charge < -0.3 is 19.5 Å². The van der Waals surface area contributed by atoms with Crippen molar-refractivity contribution in [3.05, 3.63) is 76.9 Å². The van der Waals surface area contributed by atoms with Crippen LogP contribution in [0.4, 0.5) is 4.39 Å². The van der Waals surface area contributed by atoms with Crippen molar-refractivity contribution in [2.24, 2.45) is 11.8 Å². The molecule has 1 N–H and O–H groups in total. The summed E-state index contributed by atoms with van der Waals surface area (Å²) >= 11 is 0. The summed E-state index contributed by atoms with van der Waals surface area (Å²) in [4.78, 5) is 16.8. The highest BCUT2D eigenvalue weighted by molar-refractivity contribution is 5.86. The van der Waals surface area contributed by atoms with E-state index in [2.05, 4.69) is 33.5 Å². The first-order chi connectivity index (χ1) is 22.1. The van der Waals surface area contributed by atoms with Crippen LogP contribution in [0.15, 0.2) is 48.5 Å². The van der Waals surface area contributed by atoms with E-state index in [0.29, 0.717) is 11.8 Å². The van der Waals surface area contributed by atoms with Gasteiger partial charge in [0.25, 0.3) is 0 Å². The van der Waals surface area contributed by atoms with Crippen LogP contribution in [0.25, 0.3) is 0 Å². The number of aromatic nitrogens is 2. The molecule has 8 nitrogen and oxygen atoms in total. The Balaban J connectivity index is 0.00000278. The number of methoxy groups -OCH3 is 2. The number of nitrogens with zero attached hydrogens (tertiary/aromatic N) is 4. The molecule has 0 bridgehead atoms. The Bertz CT molecular complexity index is 1480. The smallest absolute Gasteiger partial charge is 0.321 e. The summed E-state index contributed by atoms with van der Waals surface area (Å²) in [5.41, 5.74) is 4.54. The fourth-order valence-corrected chi connectivity index (χ4v) is 8.03. The number of halogens is 4. The zero-order valence-corrected chi connectivity index (χ0v) is 32.0. The molecule has 1 saturated heterocycles. The molecule has 12 heteroatoms. The molecular weight excluding hydrogens is 690 g/mol. The second kappa shape index (κ2) is 19.2. The molecule has 0 amide bonds. The average Bonchev–Trinajstić information content (AvgIpc) is 3.65. The van der Waals surface area contributed by atoms with E-state index in [9.17, 15) is 14.3 Å². The quantitative estimate of drug-likeness (QED) is 0.192. The van der Waals surface area contributed by atoms with E-state index < -0.39 is 12.0 Å². The first-order valence-electron chi connectivity index (χ1n) is 16.8. The van der Waals surface area contributed by atoms with Crippen LogP contribution >= 0.6 is 37.2 Å². The maximum atomic E-state index is 14.3. The van der Waals surface area contributed by atoms with Crippen molar-refractivity contribution in [1.82, 2.24) is 19.6 Å². The predicted molar refractivity (Wildman–Crippen MR) is 200 cm³/mol.